The van der Waals surface area contributed by atoms with Gasteiger partial charge < -0.3 is 9.32 Å². The molecule has 2 fully saturated rings. The summed E-state index contributed by atoms with van der Waals surface area (Å²) >= 11 is 0. The Kier molecular flexibility index (Phi) is 6.07. The molecule has 6 nitrogen and oxygen atoms in total. The van der Waals surface area contributed by atoms with Gasteiger partial charge in [-0.15, -0.1) is 0 Å². The van der Waals surface area contributed by atoms with Crippen LogP contribution >= 0.6 is 0 Å². The number of hydrogen-bond donors (Lipinski definition) is 0. The monoisotopic (exact) mass is 432 g/mol. The zero-order chi connectivity index (χ0) is 22.1. The molecule has 1 aliphatic carbocycles. The van der Waals surface area contributed by atoms with Gasteiger partial charge in [-0.05, 0) is 50.2 Å². The SMILES string of the molecule is Cc1ncc(-c2ccc3cnc(CC(=O)C4CCC(N5CCN(C)CC5)CC4)cc3c2)o1. The molecule has 0 amide bonds. The van der Waals surface area contributed by atoms with Gasteiger partial charge in [-0.3, -0.25) is 14.7 Å². The van der Waals surface area contributed by atoms with Crippen LogP contribution in [-0.2, 0) is 11.2 Å². The molecule has 168 valence electrons. The number of ketones is 1. The van der Waals surface area contributed by atoms with E-state index in [1.165, 1.54) is 0 Å². The van der Waals surface area contributed by atoms with Crippen molar-refractivity contribution in [3.63, 3.8) is 0 Å². The first-order valence-corrected chi connectivity index (χ1v) is 11.8. The molecule has 32 heavy (non-hydrogen) atoms. The molecule has 0 bridgehead atoms. The maximum Gasteiger partial charge on any atom is 0.191 e. The Morgan fingerprint density at radius 1 is 1.00 bits per heavy atom. The van der Waals surface area contributed by atoms with Gasteiger partial charge in [0.05, 0.1) is 6.20 Å². The van der Waals surface area contributed by atoms with Gasteiger partial charge in [0, 0.05) is 74.3 Å². The summed E-state index contributed by atoms with van der Waals surface area (Å²) in [5.74, 6) is 1.94. The topological polar surface area (TPSA) is 62.5 Å². The van der Waals surface area contributed by atoms with E-state index < -0.39 is 0 Å². The minimum absolute atomic E-state index is 0.180. The van der Waals surface area contributed by atoms with Crippen LogP contribution in [0.5, 0.6) is 0 Å². The average Bonchev–Trinajstić information content (AvgIpc) is 3.25. The van der Waals surface area contributed by atoms with E-state index in [2.05, 4.69) is 38.9 Å². The summed E-state index contributed by atoms with van der Waals surface area (Å²) in [6.45, 7) is 6.48. The van der Waals surface area contributed by atoms with E-state index in [9.17, 15) is 4.79 Å². The number of carbonyl (C=O) groups is 1. The lowest BCUT2D eigenvalue weighted by atomic mass is 9.81. The third-order valence-corrected chi connectivity index (χ3v) is 7.25. The predicted molar refractivity (Wildman–Crippen MR) is 126 cm³/mol. The molecule has 3 aromatic rings. The number of likely N-dealkylation sites (N-methyl/N-ethyl adjacent to an activating group) is 1. The van der Waals surface area contributed by atoms with Crippen LogP contribution in [0.3, 0.4) is 0 Å². The molecular weight excluding hydrogens is 400 g/mol. The fourth-order valence-electron chi connectivity index (χ4n) is 5.20. The Morgan fingerprint density at radius 2 is 1.78 bits per heavy atom. The molecule has 1 saturated carbocycles. The molecule has 2 aliphatic rings. The summed E-state index contributed by atoms with van der Waals surface area (Å²) in [4.78, 5) is 26.8. The van der Waals surface area contributed by atoms with E-state index in [0.29, 0.717) is 24.1 Å². The largest absolute Gasteiger partial charge is 0.441 e. The first kappa shape index (κ1) is 21.3. The number of oxazole rings is 1. The van der Waals surface area contributed by atoms with Crippen LogP contribution in [0, 0.1) is 12.8 Å². The van der Waals surface area contributed by atoms with E-state index in [0.717, 1.165) is 79.7 Å². The van der Waals surface area contributed by atoms with Crippen molar-refractivity contribution < 1.29 is 9.21 Å². The summed E-state index contributed by atoms with van der Waals surface area (Å²) in [6, 6.07) is 8.86. The number of hydrogen-bond acceptors (Lipinski definition) is 6. The zero-order valence-electron chi connectivity index (χ0n) is 19.1. The van der Waals surface area contributed by atoms with Gasteiger partial charge in [0.25, 0.3) is 0 Å². The van der Waals surface area contributed by atoms with Crippen molar-refractivity contribution in [2.24, 2.45) is 5.92 Å². The molecule has 6 heteroatoms. The summed E-state index contributed by atoms with van der Waals surface area (Å²) < 4.78 is 5.66. The van der Waals surface area contributed by atoms with Gasteiger partial charge in [-0.2, -0.15) is 0 Å². The Balaban J connectivity index is 1.22. The number of fused-ring (bicyclic) bond motifs is 1. The van der Waals surface area contributed by atoms with Crippen LogP contribution in [0.1, 0.15) is 37.3 Å². The minimum atomic E-state index is 0.180. The Labute approximate surface area is 189 Å². The van der Waals surface area contributed by atoms with Crippen molar-refractivity contribution in [1.82, 2.24) is 19.8 Å². The number of aromatic nitrogens is 2. The van der Waals surface area contributed by atoms with Crippen molar-refractivity contribution in [2.45, 2.75) is 45.1 Å². The lowest BCUT2D eigenvalue weighted by molar-refractivity contribution is -0.123. The van der Waals surface area contributed by atoms with Crippen LogP contribution in [0.2, 0.25) is 0 Å². The summed E-state index contributed by atoms with van der Waals surface area (Å²) in [5.41, 5.74) is 1.85. The molecule has 0 atom stereocenters. The molecule has 0 N–H and O–H groups in total. The van der Waals surface area contributed by atoms with Gasteiger partial charge in [-0.25, -0.2) is 4.98 Å². The van der Waals surface area contributed by atoms with E-state index >= 15 is 0 Å². The molecule has 2 aromatic heterocycles. The maximum absolute atomic E-state index is 13.0. The average molecular weight is 433 g/mol. The molecule has 0 unspecified atom stereocenters. The highest BCUT2D eigenvalue weighted by Gasteiger charge is 2.30. The van der Waals surface area contributed by atoms with Gasteiger partial charge in [-0.1, -0.05) is 12.1 Å². The van der Waals surface area contributed by atoms with Crippen LogP contribution in [0.4, 0.5) is 0 Å². The first-order valence-electron chi connectivity index (χ1n) is 11.8. The number of carbonyl (C=O) groups excluding carboxylic acids is 1. The number of aryl methyl sites for hydroxylation is 1. The lowest BCUT2D eigenvalue weighted by Crippen LogP contribution is -2.50. The highest BCUT2D eigenvalue weighted by molar-refractivity contribution is 5.88. The van der Waals surface area contributed by atoms with Crippen LogP contribution in [-0.4, -0.2) is 64.8 Å². The molecule has 1 aliphatic heterocycles. The molecule has 1 saturated heterocycles. The molecule has 3 heterocycles. The minimum Gasteiger partial charge on any atom is -0.441 e. The number of Topliss-reactive ketones (excluding diaryl/α,β-unsaturated/α-hetero) is 1. The van der Waals surface area contributed by atoms with Crippen LogP contribution in [0.15, 0.2) is 41.1 Å². The summed E-state index contributed by atoms with van der Waals surface area (Å²) in [5, 5.41) is 2.14. The molecular formula is C26H32N4O2. The van der Waals surface area contributed by atoms with Crippen molar-refractivity contribution >= 4 is 16.6 Å². The molecule has 0 spiro atoms. The van der Waals surface area contributed by atoms with Crippen molar-refractivity contribution in [3.05, 3.63) is 48.2 Å². The standard InChI is InChI=1S/C26H32N4O2/c1-18-27-17-26(32-18)20-3-4-21-16-28-23(14-22(21)13-20)15-25(31)19-5-7-24(8-6-19)30-11-9-29(2)10-12-30/h3-4,13-14,16-17,19,24H,5-12,15H2,1-2H3. The summed E-state index contributed by atoms with van der Waals surface area (Å²) in [6.07, 6.45) is 8.36. The number of piperazine rings is 1. The fourth-order valence-corrected chi connectivity index (χ4v) is 5.20. The third kappa shape index (κ3) is 4.62. The Morgan fingerprint density at radius 3 is 2.50 bits per heavy atom. The quantitative estimate of drug-likeness (QED) is 0.605. The highest BCUT2D eigenvalue weighted by Crippen LogP contribution is 2.30. The Hall–Kier alpha value is -2.57. The van der Waals surface area contributed by atoms with E-state index in [-0.39, 0.29) is 5.92 Å². The second kappa shape index (κ2) is 9.12. The van der Waals surface area contributed by atoms with Crippen LogP contribution in [0.25, 0.3) is 22.1 Å². The summed E-state index contributed by atoms with van der Waals surface area (Å²) in [7, 11) is 2.20. The fraction of sp³-hybridized carbons (Fsp3) is 0.500. The highest BCUT2D eigenvalue weighted by atomic mass is 16.4. The lowest BCUT2D eigenvalue weighted by Gasteiger charge is -2.40. The molecule has 1 aromatic carbocycles. The van der Waals surface area contributed by atoms with Crippen molar-refractivity contribution in [3.8, 4) is 11.3 Å². The van der Waals surface area contributed by atoms with E-state index in [1.807, 2.05) is 25.3 Å². The van der Waals surface area contributed by atoms with Crippen molar-refractivity contribution in [2.75, 3.05) is 33.2 Å². The molecule has 5 rings (SSSR count). The third-order valence-electron chi connectivity index (χ3n) is 7.25. The second-order valence-electron chi connectivity index (χ2n) is 9.47. The second-order valence-corrected chi connectivity index (χ2v) is 9.47. The number of pyridine rings is 1. The van der Waals surface area contributed by atoms with Crippen LogP contribution < -0.4 is 0 Å². The normalized spacial score (nSPS) is 22.9. The number of benzene rings is 1. The van der Waals surface area contributed by atoms with Gasteiger partial charge in [0.2, 0.25) is 0 Å². The van der Waals surface area contributed by atoms with Gasteiger partial charge in [0.15, 0.2) is 11.7 Å². The smallest absolute Gasteiger partial charge is 0.191 e. The van der Waals surface area contributed by atoms with Crippen molar-refractivity contribution in [1.29, 1.82) is 0 Å². The van der Waals surface area contributed by atoms with E-state index in [1.54, 1.807) is 6.20 Å². The maximum atomic E-state index is 13.0. The number of rotatable bonds is 5. The van der Waals surface area contributed by atoms with Gasteiger partial charge in [0.1, 0.15) is 5.78 Å². The van der Waals surface area contributed by atoms with Gasteiger partial charge >= 0.3 is 0 Å². The predicted octanol–water partition coefficient (Wildman–Crippen LogP) is 4.12. The van der Waals surface area contributed by atoms with E-state index in [4.69, 9.17) is 4.42 Å². The number of nitrogens with zero attached hydrogens (tertiary/aromatic N) is 4. The molecule has 0 radical (unpaired) electrons. The first-order chi connectivity index (χ1) is 15.5. The Bertz CT molecular complexity index is 1090. The zero-order valence-corrected chi connectivity index (χ0v) is 19.1.